The van der Waals surface area contributed by atoms with Gasteiger partial charge >= 0.3 is 0 Å². The molecular formula is C45H71N11O9S. The van der Waals surface area contributed by atoms with E-state index in [4.69, 9.17) is 11.5 Å². The normalized spacial score (nSPS) is 16.4. The van der Waals surface area contributed by atoms with Crippen LogP contribution < -0.4 is 48.7 Å². The van der Waals surface area contributed by atoms with Gasteiger partial charge in [-0.25, -0.2) is 0 Å². The van der Waals surface area contributed by atoms with Crippen molar-refractivity contribution in [1.82, 2.24) is 47.1 Å². The molecule has 3 rings (SSSR count). The van der Waals surface area contributed by atoms with Gasteiger partial charge in [-0.05, 0) is 88.3 Å². The molecule has 2 aromatic rings. The highest BCUT2D eigenvalue weighted by atomic mass is 32.2. The highest BCUT2D eigenvalue weighted by Crippen LogP contribution is 2.21. The molecule has 9 amide bonds. The molecule has 0 unspecified atom stereocenters. The van der Waals surface area contributed by atoms with Crippen molar-refractivity contribution < 1.29 is 43.2 Å². The van der Waals surface area contributed by atoms with Crippen molar-refractivity contribution in [3.05, 3.63) is 36.0 Å². The van der Waals surface area contributed by atoms with Crippen molar-refractivity contribution in [2.24, 2.45) is 23.3 Å². The minimum absolute atomic E-state index is 0.00643. The molecule has 0 aliphatic carbocycles. The van der Waals surface area contributed by atoms with Gasteiger partial charge in [-0.2, -0.15) is 11.8 Å². The van der Waals surface area contributed by atoms with E-state index in [1.54, 1.807) is 31.8 Å². The molecule has 1 aromatic heterocycles. The second kappa shape index (κ2) is 26.4. The number of aromatic amines is 1. The van der Waals surface area contributed by atoms with Crippen LogP contribution in [0.25, 0.3) is 10.9 Å². The van der Waals surface area contributed by atoms with E-state index in [1.165, 1.54) is 11.8 Å². The highest BCUT2D eigenvalue weighted by Gasteiger charge is 2.37. The number of likely N-dealkylation sites (tertiary alicyclic amines) is 1. The third kappa shape index (κ3) is 16.9. The fourth-order valence-electron chi connectivity index (χ4n) is 7.47. The summed E-state index contributed by atoms with van der Waals surface area (Å²) < 4.78 is 0. The zero-order valence-corrected chi connectivity index (χ0v) is 40.2. The maximum Gasteiger partial charge on any atom is 0.243 e. The second-order valence-electron chi connectivity index (χ2n) is 17.9. The number of hydrogen-bond acceptors (Lipinski definition) is 11. The maximum atomic E-state index is 13.7. The van der Waals surface area contributed by atoms with Crippen LogP contribution in [-0.2, 0) is 49.6 Å². The lowest BCUT2D eigenvalue weighted by Gasteiger charge is -2.29. The SMILES string of the molecule is CSCC[C@H](NC(=O)[C@H](CC(C)C)NC(=O)[C@@H]1CCCN1C(=O)CNC(=O)[C@@H](NC(=O)[C@H](C)NC(=O)[C@H](Cc1c[nH]c2ccccc12)NC(=O)[C@@H](N)CCC(N)=O)C(C)C)C(=O)NC(C)C. The molecular weight excluding hydrogens is 871 g/mol. The highest BCUT2D eigenvalue weighted by molar-refractivity contribution is 7.98. The first-order valence-corrected chi connectivity index (χ1v) is 24.0. The van der Waals surface area contributed by atoms with E-state index in [1.807, 2.05) is 58.2 Å². The predicted molar refractivity (Wildman–Crippen MR) is 252 cm³/mol. The lowest BCUT2D eigenvalue weighted by atomic mass is 10.0. The molecule has 1 saturated heterocycles. The number of primary amides is 1. The third-order valence-corrected chi connectivity index (χ3v) is 11.7. The average Bonchev–Trinajstić information content (AvgIpc) is 3.92. The van der Waals surface area contributed by atoms with Gasteiger partial charge in [-0.1, -0.05) is 45.9 Å². The minimum Gasteiger partial charge on any atom is -0.370 e. The Balaban J connectivity index is 1.65. The van der Waals surface area contributed by atoms with E-state index in [2.05, 4.69) is 42.2 Å². The summed E-state index contributed by atoms with van der Waals surface area (Å²) in [6.07, 6.45) is 4.98. The second-order valence-corrected chi connectivity index (χ2v) is 18.8. The lowest BCUT2D eigenvalue weighted by Crippen LogP contribution is -2.59. The smallest absolute Gasteiger partial charge is 0.243 e. The molecule has 7 atom stereocenters. The molecule has 20 nitrogen and oxygen atoms in total. The number of nitrogens with zero attached hydrogens (tertiary/aromatic N) is 1. The topological polar surface area (TPSA) is 309 Å². The molecule has 1 fully saturated rings. The predicted octanol–water partition coefficient (Wildman–Crippen LogP) is -0.166. The van der Waals surface area contributed by atoms with E-state index >= 15 is 0 Å². The number of nitrogens with two attached hydrogens (primary N) is 2. The maximum absolute atomic E-state index is 13.7. The van der Waals surface area contributed by atoms with Crippen molar-refractivity contribution in [3.8, 4) is 0 Å². The van der Waals surface area contributed by atoms with Crippen molar-refractivity contribution in [3.63, 3.8) is 0 Å². The molecule has 1 aliphatic rings. The van der Waals surface area contributed by atoms with Gasteiger partial charge in [0.05, 0.1) is 12.6 Å². The molecule has 366 valence electrons. The van der Waals surface area contributed by atoms with Crippen LogP contribution >= 0.6 is 11.8 Å². The van der Waals surface area contributed by atoms with Gasteiger partial charge in [-0.15, -0.1) is 0 Å². The summed E-state index contributed by atoms with van der Waals surface area (Å²) in [7, 11) is 0. The zero-order chi connectivity index (χ0) is 49.2. The number of hydrogen-bond donors (Lipinski definition) is 10. The first kappa shape index (κ1) is 54.6. The molecule has 66 heavy (non-hydrogen) atoms. The molecule has 12 N–H and O–H groups in total. The summed E-state index contributed by atoms with van der Waals surface area (Å²) in [6, 6.07) is -0.0849. The standard InChI is InChI=1S/C45H71N11O9S/c1-24(2)20-33(43(63)52-32(17-19-66-8)41(61)50-26(5)6)54-44(64)35-14-11-18-56(35)37(58)23-49-45(65)38(25(3)4)55-39(59)27(7)51-42(62)34(53-40(60)30(46)15-16-36(47)57)21-28-22-48-31-13-10-9-12-29(28)31/h9-10,12-13,22,24-27,30,32-35,38,48H,11,14-21,23,46H2,1-8H3,(H2,47,57)(H,49,65)(H,50,61)(H,51,62)(H,52,63)(H,53,60)(H,54,64)(H,55,59)/t27-,30-,32-,33-,34-,35-,38-/m0/s1. The summed E-state index contributed by atoms with van der Waals surface area (Å²) in [4.78, 5) is 123. The fraction of sp³-hybridized carbons (Fsp3) is 0.622. The summed E-state index contributed by atoms with van der Waals surface area (Å²) in [5, 5.41) is 19.8. The van der Waals surface area contributed by atoms with E-state index in [9.17, 15) is 43.2 Å². The Kier molecular flexibility index (Phi) is 21.9. The van der Waals surface area contributed by atoms with E-state index in [0.29, 0.717) is 30.6 Å². The Hall–Kier alpha value is -5.70. The molecule has 0 spiro atoms. The van der Waals surface area contributed by atoms with Crippen LogP contribution in [0.2, 0.25) is 0 Å². The number of carbonyl (C=O) groups is 9. The van der Waals surface area contributed by atoms with Gasteiger partial charge in [0.25, 0.3) is 0 Å². The number of fused-ring (bicyclic) bond motifs is 1. The van der Waals surface area contributed by atoms with Crippen LogP contribution in [0.4, 0.5) is 0 Å². The molecule has 2 heterocycles. The van der Waals surface area contributed by atoms with Crippen LogP contribution in [0.5, 0.6) is 0 Å². The Bertz CT molecular complexity index is 2030. The molecule has 0 bridgehead atoms. The van der Waals surface area contributed by atoms with E-state index in [0.717, 1.165) is 10.9 Å². The number of rotatable bonds is 26. The van der Waals surface area contributed by atoms with Crippen LogP contribution in [0.1, 0.15) is 92.6 Å². The van der Waals surface area contributed by atoms with Crippen molar-refractivity contribution in [2.75, 3.05) is 25.1 Å². The number of benzene rings is 1. The van der Waals surface area contributed by atoms with Gasteiger partial charge in [-0.3, -0.25) is 43.2 Å². The Morgan fingerprint density at radius 2 is 1.42 bits per heavy atom. The Morgan fingerprint density at radius 3 is 2.06 bits per heavy atom. The first-order valence-electron chi connectivity index (χ1n) is 22.6. The van der Waals surface area contributed by atoms with Gasteiger partial charge in [0.2, 0.25) is 53.2 Å². The molecule has 0 radical (unpaired) electrons. The van der Waals surface area contributed by atoms with Crippen LogP contribution in [0.15, 0.2) is 30.5 Å². The summed E-state index contributed by atoms with van der Waals surface area (Å²) in [5.41, 5.74) is 12.7. The Morgan fingerprint density at radius 1 is 0.773 bits per heavy atom. The van der Waals surface area contributed by atoms with Gasteiger partial charge in [0.15, 0.2) is 0 Å². The summed E-state index contributed by atoms with van der Waals surface area (Å²) in [6.45, 7) is 12.0. The van der Waals surface area contributed by atoms with E-state index < -0.39 is 102 Å². The number of amides is 9. The van der Waals surface area contributed by atoms with Gasteiger partial charge in [0.1, 0.15) is 36.3 Å². The molecule has 1 aromatic carbocycles. The number of para-hydroxylation sites is 1. The average molecular weight is 942 g/mol. The zero-order valence-electron chi connectivity index (χ0n) is 39.4. The number of thioether (sulfide) groups is 1. The lowest BCUT2D eigenvalue weighted by molar-refractivity contribution is -0.140. The fourth-order valence-corrected chi connectivity index (χ4v) is 7.95. The molecule has 21 heteroatoms. The van der Waals surface area contributed by atoms with E-state index in [-0.39, 0.29) is 50.1 Å². The van der Waals surface area contributed by atoms with Crippen molar-refractivity contribution >= 4 is 75.8 Å². The molecule has 1 aliphatic heterocycles. The van der Waals surface area contributed by atoms with Crippen molar-refractivity contribution in [2.45, 2.75) is 142 Å². The van der Waals surface area contributed by atoms with Gasteiger partial charge < -0.3 is 58.6 Å². The Labute approximate surface area is 391 Å². The van der Waals surface area contributed by atoms with Crippen LogP contribution in [0, 0.1) is 11.8 Å². The largest absolute Gasteiger partial charge is 0.370 e. The van der Waals surface area contributed by atoms with Crippen LogP contribution in [0.3, 0.4) is 0 Å². The van der Waals surface area contributed by atoms with Crippen molar-refractivity contribution in [1.29, 1.82) is 0 Å². The quantitative estimate of drug-likeness (QED) is 0.0591. The summed E-state index contributed by atoms with van der Waals surface area (Å²) >= 11 is 1.54. The number of nitrogens with one attached hydrogen (secondary N) is 8. The number of H-pyrrole nitrogens is 1. The van der Waals surface area contributed by atoms with Gasteiger partial charge in [0, 0.05) is 42.5 Å². The monoisotopic (exact) mass is 942 g/mol. The summed E-state index contributed by atoms with van der Waals surface area (Å²) in [5.74, 6) is -5.15. The third-order valence-electron chi connectivity index (χ3n) is 11.1. The number of aromatic nitrogens is 1. The number of carbonyl (C=O) groups excluding carboxylic acids is 9. The minimum atomic E-state index is -1.19. The first-order chi connectivity index (χ1) is 31.1. The molecule has 0 saturated carbocycles. The van der Waals surface area contributed by atoms with Crippen LogP contribution in [-0.4, -0.2) is 136 Å².